The first-order valence-corrected chi connectivity index (χ1v) is 7.75. The third-order valence-electron chi connectivity index (χ3n) is 4.06. The Kier molecular flexibility index (Phi) is 6.09. The molecule has 10 heteroatoms. The standard InChI is InChI=1S/C15H19BN2O7/c1-8(2)24-7-11-14(23-3)13(15(16)25-11)12-9(17(19)20)5-4-6-10(12)18(21)22/h4-6,8,11,13-15H,7H2,1-3H3/t11-,13?,14?,15-/m1/s1. The van der Waals surface area contributed by atoms with Crippen molar-refractivity contribution in [1.29, 1.82) is 0 Å². The van der Waals surface area contributed by atoms with Crippen molar-refractivity contribution in [1.82, 2.24) is 0 Å². The van der Waals surface area contributed by atoms with Crippen LogP contribution in [-0.2, 0) is 14.2 Å². The number of nitro groups is 2. The van der Waals surface area contributed by atoms with Gasteiger partial charge in [-0.1, -0.05) is 0 Å². The van der Waals surface area contributed by atoms with Crippen LogP contribution < -0.4 is 0 Å². The Balaban J connectivity index is 2.48. The number of methoxy groups -OCH3 is 1. The molecule has 134 valence electrons. The minimum absolute atomic E-state index is 0.0585. The Morgan fingerprint density at radius 1 is 1.24 bits per heavy atom. The van der Waals surface area contributed by atoms with Crippen molar-refractivity contribution in [3.8, 4) is 0 Å². The summed E-state index contributed by atoms with van der Waals surface area (Å²) < 4.78 is 16.6. The van der Waals surface area contributed by atoms with Crippen molar-refractivity contribution in [2.45, 2.75) is 44.1 Å². The molecule has 0 bridgehead atoms. The zero-order chi connectivity index (χ0) is 18.7. The Hall–Kier alpha value is -2.04. The van der Waals surface area contributed by atoms with Crippen molar-refractivity contribution in [2.75, 3.05) is 13.7 Å². The number of rotatable bonds is 7. The number of nitrogens with zero attached hydrogens (tertiary/aromatic N) is 2. The summed E-state index contributed by atoms with van der Waals surface area (Å²) in [6.45, 7) is 3.86. The van der Waals surface area contributed by atoms with Gasteiger partial charge in [0.15, 0.2) is 0 Å². The predicted molar refractivity (Wildman–Crippen MR) is 88.8 cm³/mol. The molecule has 2 rings (SSSR count). The van der Waals surface area contributed by atoms with Gasteiger partial charge in [0, 0.05) is 31.2 Å². The van der Waals surface area contributed by atoms with Gasteiger partial charge < -0.3 is 14.2 Å². The van der Waals surface area contributed by atoms with E-state index in [0.29, 0.717) is 0 Å². The second-order valence-corrected chi connectivity index (χ2v) is 5.97. The largest absolute Gasteiger partial charge is 0.379 e. The van der Waals surface area contributed by atoms with Crippen LogP contribution in [0.15, 0.2) is 18.2 Å². The van der Waals surface area contributed by atoms with Gasteiger partial charge in [-0.2, -0.15) is 0 Å². The molecule has 1 aliphatic rings. The lowest BCUT2D eigenvalue weighted by atomic mass is 9.78. The molecule has 0 aliphatic carbocycles. The fourth-order valence-electron chi connectivity index (χ4n) is 3.03. The summed E-state index contributed by atoms with van der Waals surface area (Å²) in [5.41, 5.74) is -0.861. The zero-order valence-corrected chi connectivity index (χ0v) is 14.2. The highest BCUT2D eigenvalue weighted by Gasteiger charge is 2.48. The second-order valence-electron chi connectivity index (χ2n) is 5.97. The van der Waals surface area contributed by atoms with E-state index in [1.165, 1.54) is 25.3 Å². The van der Waals surface area contributed by atoms with Crippen LogP contribution in [0.25, 0.3) is 0 Å². The SMILES string of the molecule is [B][C@@H]1O[C@H](COC(C)C)C(OC)C1c1c([N+](=O)[O-])cccc1[N+](=O)[O-]. The molecule has 1 saturated heterocycles. The lowest BCUT2D eigenvalue weighted by molar-refractivity contribution is -0.396. The van der Waals surface area contributed by atoms with E-state index in [9.17, 15) is 20.2 Å². The van der Waals surface area contributed by atoms with E-state index in [0.717, 1.165) is 0 Å². The maximum Gasteiger partial charge on any atom is 0.279 e. The predicted octanol–water partition coefficient (Wildman–Crippen LogP) is 1.92. The lowest BCUT2D eigenvalue weighted by Gasteiger charge is -2.23. The van der Waals surface area contributed by atoms with Crippen molar-refractivity contribution < 1.29 is 24.1 Å². The maximum absolute atomic E-state index is 11.4. The van der Waals surface area contributed by atoms with Gasteiger partial charge in [-0.3, -0.25) is 20.2 Å². The van der Waals surface area contributed by atoms with Gasteiger partial charge in [-0.15, -0.1) is 0 Å². The van der Waals surface area contributed by atoms with E-state index in [1.54, 1.807) is 0 Å². The van der Waals surface area contributed by atoms with Crippen LogP contribution in [0, 0.1) is 20.2 Å². The van der Waals surface area contributed by atoms with Gasteiger partial charge in [0.05, 0.1) is 28.7 Å². The maximum atomic E-state index is 11.4. The summed E-state index contributed by atoms with van der Waals surface area (Å²) in [7, 11) is 7.41. The Morgan fingerprint density at radius 2 is 1.80 bits per heavy atom. The molecule has 1 aliphatic heterocycles. The molecule has 1 aromatic rings. The van der Waals surface area contributed by atoms with E-state index in [-0.39, 0.29) is 29.6 Å². The van der Waals surface area contributed by atoms with Gasteiger partial charge in [0.2, 0.25) is 0 Å². The minimum atomic E-state index is -0.995. The molecule has 0 saturated carbocycles. The molecule has 0 aromatic heterocycles. The topological polar surface area (TPSA) is 114 Å². The molecule has 0 spiro atoms. The van der Waals surface area contributed by atoms with Crippen LogP contribution in [0.5, 0.6) is 0 Å². The minimum Gasteiger partial charge on any atom is -0.379 e. The molecule has 1 aromatic carbocycles. The van der Waals surface area contributed by atoms with Gasteiger partial charge in [-0.05, 0) is 19.9 Å². The van der Waals surface area contributed by atoms with Crippen LogP contribution >= 0.6 is 0 Å². The van der Waals surface area contributed by atoms with Crippen molar-refractivity contribution in [3.05, 3.63) is 44.0 Å². The monoisotopic (exact) mass is 350 g/mol. The summed E-state index contributed by atoms with van der Waals surface area (Å²) in [6, 6.07) is 2.69. The van der Waals surface area contributed by atoms with Gasteiger partial charge in [-0.25, -0.2) is 0 Å². The number of hydrogen-bond acceptors (Lipinski definition) is 7. The van der Waals surface area contributed by atoms with Crippen molar-refractivity contribution in [2.24, 2.45) is 0 Å². The smallest absolute Gasteiger partial charge is 0.279 e. The van der Waals surface area contributed by atoms with Crippen LogP contribution in [0.2, 0.25) is 0 Å². The highest BCUT2D eigenvalue weighted by molar-refractivity contribution is 6.12. The van der Waals surface area contributed by atoms with Gasteiger partial charge in [0.25, 0.3) is 11.4 Å². The van der Waals surface area contributed by atoms with Gasteiger partial charge in [0.1, 0.15) is 19.5 Å². The third kappa shape index (κ3) is 3.97. The van der Waals surface area contributed by atoms with Crippen molar-refractivity contribution in [3.63, 3.8) is 0 Å². The molecule has 2 radical (unpaired) electrons. The molecular formula is C15H19BN2O7. The molecule has 1 fully saturated rings. The third-order valence-corrected chi connectivity index (χ3v) is 4.06. The normalized spacial score (nSPS) is 26.1. The average Bonchev–Trinajstić information content (AvgIpc) is 2.87. The second kappa shape index (κ2) is 7.90. The Labute approximate surface area is 146 Å². The van der Waals surface area contributed by atoms with E-state index < -0.39 is 34.0 Å². The Morgan fingerprint density at radius 3 is 2.24 bits per heavy atom. The quantitative estimate of drug-likeness (QED) is 0.419. The number of hydrogen-bond donors (Lipinski definition) is 0. The van der Waals surface area contributed by atoms with Crippen LogP contribution in [-0.4, -0.2) is 55.7 Å². The average molecular weight is 350 g/mol. The first kappa shape index (κ1) is 19.3. The van der Waals surface area contributed by atoms with Gasteiger partial charge >= 0.3 is 0 Å². The van der Waals surface area contributed by atoms with Crippen LogP contribution in [0.1, 0.15) is 25.3 Å². The fraction of sp³-hybridized carbons (Fsp3) is 0.600. The lowest BCUT2D eigenvalue weighted by Crippen LogP contribution is -2.33. The fourth-order valence-corrected chi connectivity index (χ4v) is 3.03. The number of ether oxygens (including phenoxy) is 3. The number of nitro benzene ring substituents is 2. The van der Waals surface area contributed by atoms with E-state index in [1.807, 2.05) is 13.8 Å². The summed E-state index contributed by atoms with van der Waals surface area (Å²) in [4.78, 5) is 21.4. The van der Waals surface area contributed by atoms with Crippen LogP contribution in [0.3, 0.4) is 0 Å². The molecule has 0 N–H and O–H groups in total. The molecule has 9 nitrogen and oxygen atoms in total. The van der Waals surface area contributed by atoms with E-state index in [2.05, 4.69) is 0 Å². The van der Waals surface area contributed by atoms with Crippen molar-refractivity contribution >= 4 is 19.2 Å². The summed E-state index contributed by atoms with van der Waals surface area (Å²) in [6.07, 6.45) is -1.36. The Bertz CT molecular complexity index is 623. The van der Waals surface area contributed by atoms with E-state index in [4.69, 9.17) is 22.1 Å². The first-order valence-electron chi connectivity index (χ1n) is 7.75. The number of benzene rings is 1. The molecule has 25 heavy (non-hydrogen) atoms. The highest BCUT2D eigenvalue weighted by atomic mass is 16.6. The molecule has 1 heterocycles. The first-order chi connectivity index (χ1) is 11.8. The summed E-state index contributed by atoms with van der Waals surface area (Å²) >= 11 is 0. The zero-order valence-electron chi connectivity index (χ0n) is 14.2. The summed E-state index contributed by atoms with van der Waals surface area (Å²) in [5.74, 6) is -0.868. The van der Waals surface area contributed by atoms with E-state index >= 15 is 0 Å². The van der Waals surface area contributed by atoms with Crippen LogP contribution in [0.4, 0.5) is 11.4 Å². The molecule has 4 atom stereocenters. The summed E-state index contributed by atoms with van der Waals surface area (Å²) in [5, 5.41) is 22.8. The highest BCUT2D eigenvalue weighted by Crippen LogP contribution is 2.44. The molecule has 2 unspecified atom stereocenters. The molecular weight excluding hydrogens is 331 g/mol. The molecule has 0 amide bonds.